The van der Waals surface area contributed by atoms with Crippen molar-refractivity contribution < 1.29 is 27.1 Å². The minimum Gasteiger partial charge on any atom is -0.507 e. The number of benzene rings is 1. The molecule has 1 rings (SSSR count). The average Bonchev–Trinajstić information content (AvgIpc) is 2.14. The van der Waals surface area contributed by atoms with Crippen molar-refractivity contribution in [2.45, 2.75) is 38.3 Å². The molecular formula is C12H13F5O. The first-order valence-corrected chi connectivity index (χ1v) is 5.16. The molecule has 0 unspecified atom stereocenters. The topological polar surface area (TPSA) is 20.2 Å². The molecule has 1 aromatic carbocycles. The van der Waals surface area contributed by atoms with E-state index in [0.717, 1.165) is 6.07 Å². The van der Waals surface area contributed by atoms with Gasteiger partial charge in [0.05, 0.1) is 5.56 Å². The SMILES string of the molecule is CC(C)(C)c1ccc(O)c(C(F)(F)C(F)(F)F)c1. The second-order valence-electron chi connectivity index (χ2n) is 5.05. The summed E-state index contributed by atoms with van der Waals surface area (Å²) in [5, 5.41) is 9.22. The fourth-order valence-electron chi connectivity index (χ4n) is 1.41. The normalized spacial score (nSPS) is 13.8. The zero-order valence-electron chi connectivity index (χ0n) is 10.1. The Balaban J connectivity index is 3.42. The molecule has 0 saturated heterocycles. The third kappa shape index (κ3) is 2.57. The lowest BCUT2D eigenvalue weighted by atomic mass is 9.85. The van der Waals surface area contributed by atoms with Crippen LogP contribution in [-0.4, -0.2) is 11.3 Å². The molecule has 0 radical (unpaired) electrons. The lowest BCUT2D eigenvalue weighted by Crippen LogP contribution is -2.34. The molecule has 0 aliphatic heterocycles. The van der Waals surface area contributed by atoms with Crippen molar-refractivity contribution in [1.82, 2.24) is 0 Å². The number of halogens is 5. The van der Waals surface area contributed by atoms with Crippen LogP contribution in [0.5, 0.6) is 5.75 Å². The first-order valence-electron chi connectivity index (χ1n) is 5.16. The van der Waals surface area contributed by atoms with E-state index in [1.54, 1.807) is 20.8 Å². The quantitative estimate of drug-likeness (QED) is 0.751. The Hall–Kier alpha value is -1.33. The Labute approximate surface area is 101 Å². The Kier molecular flexibility index (Phi) is 3.36. The number of aromatic hydroxyl groups is 1. The summed E-state index contributed by atoms with van der Waals surface area (Å²) in [5.74, 6) is -6.14. The Morgan fingerprint density at radius 2 is 1.44 bits per heavy atom. The van der Waals surface area contributed by atoms with Crippen molar-refractivity contribution in [3.8, 4) is 5.75 Å². The second kappa shape index (κ2) is 4.10. The van der Waals surface area contributed by atoms with E-state index >= 15 is 0 Å². The maximum absolute atomic E-state index is 13.2. The summed E-state index contributed by atoms with van der Waals surface area (Å²) >= 11 is 0. The van der Waals surface area contributed by atoms with E-state index in [0.29, 0.717) is 11.6 Å². The van der Waals surface area contributed by atoms with Gasteiger partial charge >= 0.3 is 12.1 Å². The van der Waals surface area contributed by atoms with Crippen molar-refractivity contribution in [2.75, 3.05) is 0 Å². The largest absolute Gasteiger partial charge is 0.507 e. The van der Waals surface area contributed by atoms with Gasteiger partial charge in [0.15, 0.2) is 0 Å². The average molecular weight is 268 g/mol. The maximum Gasteiger partial charge on any atom is 0.458 e. The molecule has 1 aromatic rings. The summed E-state index contributed by atoms with van der Waals surface area (Å²) in [5.41, 5.74) is -1.72. The van der Waals surface area contributed by atoms with E-state index in [1.165, 1.54) is 6.07 Å². The van der Waals surface area contributed by atoms with Crippen molar-refractivity contribution in [2.24, 2.45) is 0 Å². The third-order valence-electron chi connectivity index (χ3n) is 2.56. The van der Waals surface area contributed by atoms with Gasteiger partial charge in [-0.3, -0.25) is 0 Å². The van der Waals surface area contributed by atoms with Gasteiger partial charge < -0.3 is 5.11 Å². The van der Waals surface area contributed by atoms with Crippen LogP contribution in [0.3, 0.4) is 0 Å². The monoisotopic (exact) mass is 268 g/mol. The predicted octanol–water partition coefficient (Wildman–Crippen LogP) is 4.34. The first-order chi connectivity index (χ1) is 7.87. The van der Waals surface area contributed by atoms with Crippen LogP contribution in [0.2, 0.25) is 0 Å². The molecule has 0 saturated carbocycles. The number of hydrogen-bond acceptors (Lipinski definition) is 1. The van der Waals surface area contributed by atoms with Crippen molar-refractivity contribution in [1.29, 1.82) is 0 Å². The van der Waals surface area contributed by atoms with Crippen LogP contribution >= 0.6 is 0 Å². The summed E-state index contributed by atoms with van der Waals surface area (Å²) in [7, 11) is 0. The standard InChI is InChI=1S/C12H13F5O/c1-10(2,3)7-4-5-9(18)8(6-7)11(13,14)12(15,16)17/h4-6,18H,1-3H3. The van der Waals surface area contributed by atoms with Crippen LogP contribution in [-0.2, 0) is 11.3 Å². The van der Waals surface area contributed by atoms with E-state index < -0.39 is 28.8 Å². The summed E-state index contributed by atoms with van der Waals surface area (Å²) in [6, 6.07) is 2.88. The Morgan fingerprint density at radius 3 is 1.83 bits per heavy atom. The first kappa shape index (κ1) is 14.7. The van der Waals surface area contributed by atoms with Gasteiger partial charge in [-0.25, -0.2) is 0 Å². The molecule has 0 fully saturated rings. The van der Waals surface area contributed by atoms with E-state index in [1.807, 2.05) is 0 Å². The van der Waals surface area contributed by atoms with Gasteiger partial charge in [-0.15, -0.1) is 0 Å². The molecular weight excluding hydrogens is 255 g/mol. The highest BCUT2D eigenvalue weighted by Crippen LogP contribution is 2.47. The molecule has 0 heterocycles. The predicted molar refractivity (Wildman–Crippen MR) is 56.8 cm³/mol. The van der Waals surface area contributed by atoms with Gasteiger partial charge in [0.25, 0.3) is 0 Å². The van der Waals surface area contributed by atoms with Crippen LogP contribution in [0.4, 0.5) is 22.0 Å². The van der Waals surface area contributed by atoms with Gasteiger partial charge in [-0.05, 0) is 23.1 Å². The number of hydrogen-bond donors (Lipinski definition) is 1. The summed E-state index contributed by atoms with van der Waals surface area (Å²) in [6.45, 7) is 5.03. The smallest absolute Gasteiger partial charge is 0.458 e. The second-order valence-corrected chi connectivity index (χ2v) is 5.05. The van der Waals surface area contributed by atoms with Crippen molar-refractivity contribution in [3.05, 3.63) is 29.3 Å². The molecule has 0 aromatic heterocycles. The minimum absolute atomic E-state index is 0.291. The fourth-order valence-corrected chi connectivity index (χ4v) is 1.41. The zero-order valence-corrected chi connectivity index (χ0v) is 10.1. The molecule has 0 amide bonds. The molecule has 102 valence electrons. The number of rotatable bonds is 1. The third-order valence-corrected chi connectivity index (χ3v) is 2.56. The molecule has 0 spiro atoms. The highest BCUT2D eigenvalue weighted by atomic mass is 19.4. The number of alkyl halides is 5. The van der Waals surface area contributed by atoms with Crippen molar-refractivity contribution >= 4 is 0 Å². The van der Waals surface area contributed by atoms with Crippen LogP contribution in [0.1, 0.15) is 31.9 Å². The van der Waals surface area contributed by atoms with E-state index in [9.17, 15) is 27.1 Å². The van der Waals surface area contributed by atoms with Gasteiger partial charge in [0, 0.05) is 0 Å². The molecule has 0 atom stereocenters. The van der Waals surface area contributed by atoms with E-state index in [2.05, 4.69) is 0 Å². The lowest BCUT2D eigenvalue weighted by Gasteiger charge is -2.24. The van der Waals surface area contributed by atoms with Gasteiger partial charge in [-0.2, -0.15) is 22.0 Å². The van der Waals surface area contributed by atoms with Gasteiger partial charge in [0.2, 0.25) is 0 Å². The lowest BCUT2D eigenvalue weighted by molar-refractivity contribution is -0.289. The molecule has 1 nitrogen and oxygen atoms in total. The molecule has 0 bridgehead atoms. The minimum atomic E-state index is -5.74. The van der Waals surface area contributed by atoms with Gasteiger partial charge in [-0.1, -0.05) is 26.8 Å². The summed E-state index contributed by atoms with van der Waals surface area (Å²) < 4.78 is 63.2. The summed E-state index contributed by atoms with van der Waals surface area (Å²) in [4.78, 5) is 0. The van der Waals surface area contributed by atoms with Gasteiger partial charge in [0.1, 0.15) is 5.75 Å². The molecule has 1 N–H and O–H groups in total. The zero-order chi connectivity index (χ0) is 14.4. The van der Waals surface area contributed by atoms with Crippen LogP contribution < -0.4 is 0 Å². The highest BCUT2D eigenvalue weighted by Gasteiger charge is 2.60. The molecule has 0 aliphatic rings. The van der Waals surface area contributed by atoms with Crippen LogP contribution in [0, 0.1) is 0 Å². The van der Waals surface area contributed by atoms with E-state index in [4.69, 9.17) is 0 Å². The highest BCUT2D eigenvalue weighted by molar-refractivity contribution is 5.42. The molecule has 18 heavy (non-hydrogen) atoms. The maximum atomic E-state index is 13.2. The van der Waals surface area contributed by atoms with Crippen molar-refractivity contribution in [3.63, 3.8) is 0 Å². The summed E-state index contributed by atoms with van der Waals surface area (Å²) in [6.07, 6.45) is -5.74. The van der Waals surface area contributed by atoms with Crippen LogP contribution in [0.25, 0.3) is 0 Å². The molecule has 0 aliphatic carbocycles. The number of phenolic OH excluding ortho intramolecular Hbond substituents is 1. The number of phenols is 1. The Bertz CT molecular complexity index is 443. The Morgan fingerprint density at radius 1 is 0.944 bits per heavy atom. The molecule has 6 heteroatoms. The van der Waals surface area contributed by atoms with E-state index in [-0.39, 0.29) is 0 Å². The fraction of sp³-hybridized carbons (Fsp3) is 0.500. The van der Waals surface area contributed by atoms with Crippen LogP contribution in [0.15, 0.2) is 18.2 Å².